The number of halogens is 1. The third-order valence-corrected chi connectivity index (χ3v) is 2.24. The molecule has 0 bridgehead atoms. The second-order valence-corrected chi connectivity index (χ2v) is 3.60. The number of hydrogen-bond acceptors (Lipinski definition) is 5. The molecule has 6 nitrogen and oxygen atoms in total. The van der Waals surface area contributed by atoms with E-state index >= 15 is 0 Å². The van der Waals surface area contributed by atoms with Crippen LogP contribution in [0.1, 0.15) is 44.9 Å². The van der Waals surface area contributed by atoms with Crippen LogP contribution >= 0.6 is 11.6 Å². The van der Waals surface area contributed by atoms with E-state index in [4.69, 9.17) is 16.3 Å². The van der Waals surface area contributed by atoms with E-state index < -0.39 is 17.6 Å². The molecule has 0 aliphatic rings. The van der Waals surface area contributed by atoms with Crippen LogP contribution in [0.2, 0.25) is 5.15 Å². The van der Waals surface area contributed by atoms with Crippen molar-refractivity contribution in [1.29, 1.82) is 0 Å². The maximum absolute atomic E-state index is 10.3. The van der Waals surface area contributed by atoms with Crippen LogP contribution in [0.4, 0.5) is 0 Å². The molecule has 1 rings (SSSR count). The second kappa shape index (κ2) is 11.4. The number of pyridine rings is 1. The lowest BCUT2D eigenvalue weighted by Gasteiger charge is -2.13. The van der Waals surface area contributed by atoms with Gasteiger partial charge in [-0.2, -0.15) is 0 Å². The average molecular weight is 307 g/mol. The summed E-state index contributed by atoms with van der Waals surface area (Å²) in [5, 5.41) is 20.2. The van der Waals surface area contributed by atoms with Gasteiger partial charge in [0.05, 0.1) is 12.7 Å². The maximum atomic E-state index is 10.3. The van der Waals surface area contributed by atoms with Crippen molar-refractivity contribution in [2.45, 2.75) is 40.7 Å². The number of nitrogens with zero attached hydrogens (tertiary/aromatic N) is 2. The van der Waals surface area contributed by atoms with Gasteiger partial charge in [-0.1, -0.05) is 39.3 Å². The first kappa shape index (κ1) is 20.9. The van der Waals surface area contributed by atoms with Gasteiger partial charge >= 0.3 is 0 Å². The van der Waals surface area contributed by atoms with E-state index in [0.29, 0.717) is 11.1 Å². The highest BCUT2D eigenvalue weighted by atomic mass is 35.5. The number of aliphatic hydroxyl groups is 1. The van der Waals surface area contributed by atoms with Crippen molar-refractivity contribution >= 4 is 11.6 Å². The van der Waals surface area contributed by atoms with Crippen molar-refractivity contribution in [2.24, 2.45) is 0 Å². The minimum atomic E-state index is -1.25. The predicted molar refractivity (Wildman–Crippen MR) is 80.1 cm³/mol. The molecule has 0 saturated carbocycles. The molecule has 0 fully saturated rings. The molecule has 0 spiro atoms. The van der Waals surface area contributed by atoms with E-state index in [-0.39, 0.29) is 11.0 Å². The number of rotatable bonds is 4. The van der Waals surface area contributed by atoms with Crippen molar-refractivity contribution in [1.82, 2.24) is 4.98 Å². The first-order valence-corrected chi connectivity index (χ1v) is 6.84. The van der Waals surface area contributed by atoms with Crippen LogP contribution in [0.3, 0.4) is 0 Å². The van der Waals surface area contributed by atoms with Crippen molar-refractivity contribution in [3.8, 4) is 5.88 Å². The number of aryl methyl sites for hydroxylation is 1. The molecule has 1 heterocycles. The minimum Gasteiger partial charge on any atom is -0.481 e. The molecule has 116 valence electrons. The van der Waals surface area contributed by atoms with Crippen molar-refractivity contribution in [2.75, 3.05) is 13.7 Å². The van der Waals surface area contributed by atoms with E-state index in [9.17, 15) is 15.2 Å². The van der Waals surface area contributed by atoms with Crippen molar-refractivity contribution in [3.05, 3.63) is 32.5 Å². The molecule has 1 N–H and O–H groups in total. The number of ether oxygens (including phenoxy) is 1. The standard InChI is InChI=1S/C9H11ClN2O4.2C2H6/c1-5-3-7(10)11-9(16-2)8(5)6(13)4-12(14)15;2*1-2/h3,6,13H,4H2,1-2H3;2*1-2H3. The van der Waals surface area contributed by atoms with Gasteiger partial charge in [0.1, 0.15) is 11.3 Å². The summed E-state index contributed by atoms with van der Waals surface area (Å²) in [6.45, 7) is 9.08. The largest absolute Gasteiger partial charge is 0.481 e. The Morgan fingerprint density at radius 1 is 1.45 bits per heavy atom. The Morgan fingerprint density at radius 2 is 1.95 bits per heavy atom. The lowest BCUT2D eigenvalue weighted by molar-refractivity contribution is -0.491. The molecule has 0 radical (unpaired) electrons. The van der Waals surface area contributed by atoms with Gasteiger partial charge in [0.25, 0.3) is 0 Å². The van der Waals surface area contributed by atoms with Crippen LogP contribution in [0, 0.1) is 17.0 Å². The first-order valence-electron chi connectivity index (χ1n) is 6.46. The molecule has 0 aliphatic heterocycles. The highest BCUT2D eigenvalue weighted by Gasteiger charge is 2.22. The molecule has 7 heteroatoms. The van der Waals surface area contributed by atoms with E-state index in [1.807, 2.05) is 27.7 Å². The van der Waals surface area contributed by atoms with Crippen LogP contribution in [-0.4, -0.2) is 28.7 Å². The zero-order chi connectivity index (χ0) is 16.3. The number of aromatic nitrogens is 1. The second-order valence-electron chi connectivity index (χ2n) is 3.22. The fraction of sp³-hybridized carbons (Fsp3) is 0.615. The highest BCUT2D eigenvalue weighted by molar-refractivity contribution is 6.29. The van der Waals surface area contributed by atoms with Gasteiger partial charge in [-0.15, -0.1) is 0 Å². The van der Waals surface area contributed by atoms with Gasteiger partial charge in [-0.25, -0.2) is 4.98 Å². The molecule has 1 unspecified atom stereocenters. The van der Waals surface area contributed by atoms with Gasteiger partial charge in [0.2, 0.25) is 12.4 Å². The summed E-state index contributed by atoms with van der Waals surface area (Å²) in [6.07, 6.45) is -1.25. The third-order valence-electron chi connectivity index (χ3n) is 2.05. The van der Waals surface area contributed by atoms with Crippen LogP contribution in [0.25, 0.3) is 0 Å². The fourth-order valence-electron chi connectivity index (χ4n) is 1.41. The molecular weight excluding hydrogens is 284 g/mol. The van der Waals surface area contributed by atoms with Gasteiger partial charge in [0.15, 0.2) is 0 Å². The number of methoxy groups -OCH3 is 1. The van der Waals surface area contributed by atoms with Crippen molar-refractivity contribution in [3.63, 3.8) is 0 Å². The Kier molecular flexibility index (Phi) is 11.9. The van der Waals surface area contributed by atoms with Gasteiger partial charge in [0, 0.05) is 4.92 Å². The summed E-state index contributed by atoms with van der Waals surface area (Å²) in [6, 6.07) is 1.52. The van der Waals surface area contributed by atoms with E-state index in [2.05, 4.69) is 4.98 Å². The first-order chi connectivity index (χ1) is 9.45. The Labute approximate surface area is 124 Å². The lowest BCUT2D eigenvalue weighted by atomic mass is 10.1. The third kappa shape index (κ3) is 6.68. The fourth-order valence-corrected chi connectivity index (χ4v) is 1.65. The Hall–Kier alpha value is -1.40. The van der Waals surface area contributed by atoms with Gasteiger partial charge in [-0.05, 0) is 18.6 Å². The molecule has 0 aromatic carbocycles. The normalized spacial score (nSPS) is 10.4. The monoisotopic (exact) mass is 306 g/mol. The lowest BCUT2D eigenvalue weighted by Crippen LogP contribution is -2.14. The highest BCUT2D eigenvalue weighted by Crippen LogP contribution is 2.28. The van der Waals surface area contributed by atoms with E-state index in [1.54, 1.807) is 6.92 Å². The van der Waals surface area contributed by atoms with E-state index in [0.717, 1.165) is 0 Å². The Balaban J connectivity index is 0. The summed E-state index contributed by atoms with van der Waals surface area (Å²) < 4.78 is 4.93. The maximum Gasteiger partial charge on any atom is 0.233 e. The zero-order valence-electron chi connectivity index (χ0n) is 12.8. The molecule has 0 saturated heterocycles. The Morgan fingerprint density at radius 3 is 2.35 bits per heavy atom. The zero-order valence-corrected chi connectivity index (χ0v) is 13.6. The topological polar surface area (TPSA) is 85.5 Å². The summed E-state index contributed by atoms with van der Waals surface area (Å²) in [5.74, 6) is 0.111. The molecule has 1 aromatic rings. The van der Waals surface area contributed by atoms with Crippen molar-refractivity contribution < 1.29 is 14.8 Å². The molecule has 0 amide bonds. The van der Waals surface area contributed by atoms with Crippen LogP contribution in [0.15, 0.2) is 6.07 Å². The van der Waals surface area contributed by atoms with Crippen LogP contribution in [0.5, 0.6) is 5.88 Å². The van der Waals surface area contributed by atoms with Crippen LogP contribution < -0.4 is 4.74 Å². The molecule has 20 heavy (non-hydrogen) atoms. The van der Waals surface area contributed by atoms with Gasteiger partial charge < -0.3 is 9.84 Å². The summed E-state index contributed by atoms with van der Waals surface area (Å²) in [7, 11) is 1.36. The Bertz CT molecular complexity index is 414. The SMILES string of the molecule is CC.CC.COc1nc(Cl)cc(C)c1C(O)C[N+](=O)[O-]. The summed E-state index contributed by atoms with van der Waals surface area (Å²) in [4.78, 5) is 13.6. The summed E-state index contributed by atoms with van der Waals surface area (Å²) in [5.41, 5.74) is 0.898. The van der Waals surface area contributed by atoms with Gasteiger partial charge in [-0.3, -0.25) is 10.1 Å². The number of aliphatic hydroxyl groups excluding tert-OH is 1. The smallest absolute Gasteiger partial charge is 0.233 e. The molecule has 1 aromatic heterocycles. The summed E-state index contributed by atoms with van der Waals surface area (Å²) >= 11 is 5.70. The average Bonchev–Trinajstić information content (AvgIpc) is 2.41. The molecule has 0 aliphatic carbocycles. The predicted octanol–water partition coefficient (Wildman–Crippen LogP) is 3.41. The van der Waals surface area contributed by atoms with E-state index in [1.165, 1.54) is 13.2 Å². The molecule has 1 atom stereocenters. The quantitative estimate of drug-likeness (QED) is 0.523. The number of hydrogen-bond donors (Lipinski definition) is 1. The molecular formula is C13H23ClN2O4. The minimum absolute atomic E-state index is 0.111. The van der Waals surface area contributed by atoms with Crippen LogP contribution in [-0.2, 0) is 0 Å². The number of nitro groups is 1.